The van der Waals surface area contributed by atoms with E-state index in [2.05, 4.69) is 10.3 Å². The van der Waals surface area contributed by atoms with Gasteiger partial charge in [-0.1, -0.05) is 0 Å². The van der Waals surface area contributed by atoms with Crippen LogP contribution in [0.3, 0.4) is 0 Å². The van der Waals surface area contributed by atoms with Gasteiger partial charge in [0.2, 0.25) is 5.91 Å². The predicted octanol–water partition coefficient (Wildman–Crippen LogP) is -1.78. The predicted molar refractivity (Wildman–Crippen MR) is 65.5 cm³/mol. The molecule has 0 aliphatic carbocycles. The monoisotopic (exact) mass is 268 g/mol. The molecule has 0 aliphatic heterocycles. The minimum atomic E-state index is -1.27. The summed E-state index contributed by atoms with van der Waals surface area (Å²) in [5.74, 6) is 4.11. The summed E-state index contributed by atoms with van der Waals surface area (Å²) in [7, 11) is 0. The average molecular weight is 268 g/mol. The molecule has 2 amide bonds. The smallest absolute Gasteiger partial charge is 0.266 e. The van der Waals surface area contributed by atoms with Gasteiger partial charge in [-0.2, -0.15) is 0 Å². The number of carbonyl (C=O) groups excluding carboxylic acids is 2. The largest absolute Gasteiger partial charge is 0.388 e. The highest BCUT2D eigenvalue weighted by Gasteiger charge is 2.20. The molecule has 0 aromatic carbocycles. The van der Waals surface area contributed by atoms with Gasteiger partial charge < -0.3 is 15.5 Å². The Labute approximate surface area is 109 Å². The minimum Gasteiger partial charge on any atom is -0.388 e. The summed E-state index contributed by atoms with van der Waals surface area (Å²) in [6.45, 7) is 1.19. The van der Waals surface area contributed by atoms with Crippen LogP contribution in [-0.4, -0.2) is 39.7 Å². The van der Waals surface area contributed by atoms with Crippen molar-refractivity contribution in [3.05, 3.63) is 29.6 Å². The molecule has 0 radical (unpaired) electrons. The molecular formula is C11H16N4O4. The van der Waals surface area contributed by atoms with Crippen molar-refractivity contribution in [2.24, 2.45) is 5.84 Å². The van der Waals surface area contributed by atoms with Crippen LogP contribution in [0, 0.1) is 0 Å². The first-order valence-corrected chi connectivity index (χ1v) is 5.52. The minimum absolute atomic E-state index is 0.107. The van der Waals surface area contributed by atoms with E-state index in [1.807, 2.05) is 5.43 Å². The van der Waals surface area contributed by atoms with Gasteiger partial charge in [0.25, 0.3) is 5.91 Å². The Bertz CT molecular complexity index is 466. The number of aliphatic hydroxyl groups is 2. The summed E-state index contributed by atoms with van der Waals surface area (Å²) in [6.07, 6.45) is 0.111. The maximum Gasteiger partial charge on any atom is 0.266 e. The van der Waals surface area contributed by atoms with E-state index in [0.29, 0.717) is 0 Å². The number of amides is 2. The molecule has 2 atom stereocenters. The fraction of sp³-hybridized carbons (Fsp3) is 0.364. The van der Waals surface area contributed by atoms with E-state index >= 15 is 0 Å². The van der Waals surface area contributed by atoms with Crippen LogP contribution in [0.1, 0.15) is 28.9 Å². The van der Waals surface area contributed by atoms with Crippen molar-refractivity contribution in [3.8, 4) is 0 Å². The standard InChI is InChI=1S/C11H16N4O4/c1-6(16)14-5-9(17)10(18)7-2-8(4-13-3-7)11(19)15-12/h2-4,9-10,17-18H,5,12H2,1H3,(H,14,16)(H,15,19). The number of pyridine rings is 1. The van der Waals surface area contributed by atoms with E-state index in [4.69, 9.17) is 5.84 Å². The number of nitrogens with zero attached hydrogens (tertiary/aromatic N) is 1. The van der Waals surface area contributed by atoms with Crippen LogP contribution in [0.5, 0.6) is 0 Å². The number of rotatable bonds is 5. The first-order valence-electron chi connectivity index (χ1n) is 5.52. The molecule has 1 aromatic rings. The third-order valence-corrected chi connectivity index (χ3v) is 2.42. The number of nitrogen functional groups attached to an aromatic ring is 1. The van der Waals surface area contributed by atoms with Crippen molar-refractivity contribution >= 4 is 11.8 Å². The highest BCUT2D eigenvalue weighted by molar-refractivity contribution is 5.93. The number of nitrogens with one attached hydrogen (secondary N) is 2. The first kappa shape index (κ1) is 15.0. The summed E-state index contributed by atoms with van der Waals surface area (Å²) in [5, 5.41) is 21.9. The Hall–Kier alpha value is -2.03. The third-order valence-electron chi connectivity index (χ3n) is 2.42. The normalized spacial score (nSPS) is 13.5. The van der Waals surface area contributed by atoms with Crippen LogP contribution in [0.2, 0.25) is 0 Å². The van der Waals surface area contributed by atoms with Crippen LogP contribution in [-0.2, 0) is 4.79 Å². The van der Waals surface area contributed by atoms with Gasteiger partial charge in [0.05, 0.1) is 5.56 Å². The Balaban J connectivity index is 2.78. The summed E-state index contributed by atoms with van der Waals surface area (Å²) in [6, 6.07) is 1.36. The molecule has 0 saturated carbocycles. The van der Waals surface area contributed by atoms with Crippen molar-refractivity contribution < 1.29 is 19.8 Å². The fourth-order valence-electron chi connectivity index (χ4n) is 1.41. The van der Waals surface area contributed by atoms with Gasteiger partial charge in [0.1, 0.15) is 12.2 Å². The van der Waals surface area contributed by atoms with Crippen LogP contribution < -0.4 is 16.6 Å². The number of aromatic nitrogens is 1. The Kier molecular flexibility index (Phi) is 5.37. The zero-order chi connectivity index (χ0) is 14.4. The van der Waals surface area contributed by atoms with Gasteiger partial charge in [-0.25, -0.2) is 5.84 Å². The summed E-state index contributed by atoms with van der Waals surface area (Å²) < 4.78 is 0. The van der Waals surface area contributed by atoms with E-state index < -0.39 is 18.1 Å². The lowest BCUT2D eigenvalue weighted by molar-refractivity contribution is -0.119. The van der Waals surface area contributed by atoms with Gasteiger partial charge in [-0.3, -0.25) is 20.0 Å². The van der Waals surface area contributed by atoms with Crippen molar-refractivity contribution in [1.82, 2.24) is 15.7 Å². The summed E-state index contributed by atoms with van der Waals surface area (Å²) >= 11 is 0. The second-order valence-electron chi connectivity index (χ2n) is 3.93. The van der Waals surface area contributed by atoms with E-state index in [1.165, 1.54) is 25.4 Å². The maximum atomic E-state index is 11.3. The van der Waals surface area contributed by atoms with Gasteiger partial charge >= 0.3 is 0 Å². The highest BCUT2D eigenvalue weighted by atomic mass is 16.3. The Morgan fingerprint density at radius 3 is 2.68 bits per heavy atom. The van der Waals surface area contributed by atoms with E-state index in [0.717, 1.165) is 0 Å². The third kappa shape index (κ3) is 4.28. The molecular weight excluding hydrogens is 252 g/mol. The first-order chi connectivity index (χ1) is 8.95. The lowest BCUT2D eigenvalue weighted by Gasteiger charge is -2.18. The molecule has 0 fully saturated rings. The molecule has 0 spiro atoms. The van der Waals surface area contributed by atoms with Crippen molar-refractivity contribution in [3.63, 3.8) is 0 Å². The average Bonchev–Trinajstić information content (AvgIpc) is 2.43. The highest BCUT2D eigenvalue weighted by Crippen LogP contribution is 2.16. The van der Waals surface area contributed by atoms with Crippen molar-refractivity contribution in [2.75, 3.05) is 6.54 Å². The second kappa shape index (κ2) is 6.78. The molecule has 1 aromatic heterocycles. The molecule has 6 N–H and O–H groups in total. The molecule has 0 saturated heterocycles. The van der Waals surface area contributed by atoms with Crippen LogP contribution >= 0.6 is 0 Å². The SMILES string of the molecule is CC(=O)NCC(O)C(O)c1cncc(C(=O)NN)c1. The molecule has 104 valence electrons. The maximum absolute atomic E-state index is 11.3. The van der Waals surface area contributed by atoms with Gasteiger partial charge in [-0.15, -0.1) is 0 Å². The molecule has 8 heteroatoms. The number of carbonyl (C=O) groups is 2. The lowest BCUT2D eigenvalue weighted by atomic mass is 10.0. The number of aliphatic hydroxyl groups excluding tert-OH is 2. The summed E-state index contributed by atoms with van der Waals surface area (Å²) in [5.41, 5.74) is 2.34. The van der Waals surface area contributed by atoms with Gasteiger partial charge in [-0.05, 0) is 6.07 Å². The van der Waals surface area contributed by atoms with Crippen LogP contribution in [0.15, 0.2) is 18.5 Å². The molecule has 1 rings (SSSR count). The van der Waals surface area contributed by atoms with Crippen molar-refractivity contribution in [1.29, 1.82) is 0 Å². The van der Waals surface area contributed by atoms with Crippen LogP contribution in [0.4, 0.5) is 0 Å². The Morgan fingerprint density at radius 2 is 2.11 bits per heavy atom. The number of hydrogen-bond acceptors (Lipinski definition) is 6. The zero-order valence-electron chi connectivity index (χ0n) is 10.3. The topological polar surface area (TPSA) is 138 Å². The fourth-order valence-corrected chi connectivity index (χ4v) is 1.41. The quantitative estimate of drug-likeness (QED) is 0.243. The number of nitrogens with two attached hydrogens (primary N) is 1. The van der Waals surface area contributed by atoms with E-state index in [9.17, 15) is 19.8 Å². The molecule has 0 aliphatic rings. The second-order valence-corrected chi connectivity index (χ2v) is 3.93. The van der Waals surface area contributed by atoms with Crippen LogP contribution in [0.25, 0.3) is 0 Å². The summed E-state index contributed by atoms with van der Waals surface area (Å²) in [4.78, 5) is 25.8. The van der Waals surface area contributed by atoms with Gasteiger partial charge in [0, 0.05) is 31.4 Å². The molecule has 0 bridgehead atoms. The zero-order valence-corrected chi connectivity index (χ0v) is 10.3. The number of hydrogen-bond donors (Lipinski definition) is 5. The molecule has 19 heavy (non-hydrogen) atoms. The molecule has 8 nitrogen and oxygen atoms in total. The van der Waals surface area contributed by atoms with Crippen molar-refractivity contribution in [2.45, 2.75) is 19.1 Å². The van der Waals surface area contributed by atoms with E-state index in [-0.39, 0.29) is 23.6 Å². The molecule has 1 heterocycles. The van der Waals surface area contributed by atoms with E-state index in [1.54, 1.807) is 0 Å². The Morgan fingerprint density at radius 1 is 1.42 bits per heavy atom. The number of hydrazine groups is 1. The lowest BCUT2D eigenvalue weighted by Crippen LogP contribution is -2.34. The van der Waals surface area contributed by atoms with Gasteiger partial charge in [0.15, 0.2) is 0 Å². The molecule has 2 unspecified atom stereocenters.